The molecule has 1 unspecified atom stereocenters. The number of hydrogen-bond donors (Lipinski definition) is 1. The van der Waals surface area contributed by atoms with Crippen molar-refractivity contribution >= 4 is 27.6 Å². The van der Waals surface area contributed by atoms with Crippen LogP contribution in [0.15, 0.2) is 42.5 Å². The van der Waals surface area contributed by atoms with Crippen LogP contribution in [0.2, 0.25) is 0 Å². The van der Waals surface area contributed by atoms with Gasteiger partial charge in [0.25, 0.3) is 0 Å². The van der Waals surface area contributed by atoms with Gasteiger partial charge in [-0.1, -0.05) is 12.1 Å². The Morgan fingerprint density at radius 2 is 1.88 bits per heavy atom. The molecule has 0 aliphatic heterocycles. The van der Waals surface area contributed by atoms with Gasteiger partial charge in [0.05, 0.1) is 23.9 Å². The topological polar surface area (TPSA) is 67.0 Å². The molecule has 134 valence electrons. The lowest BCUT2D eigenvalue weighted by atomic mass is 10.1. The molecule has 1 atom stereocenters. The van der Waals surface area contributed by atoms with E-state index >= 15 is 0 Å². The van der Waals surface area contributed by atoms with E-state index in [9.17, 15) is 9.47 Å². The largest absolute Gasteiger partial charge is 0.497 e. The summed E-state index contributed by atoms with van der Waals surface area (Å²) in [4.78, 5) is 0. The molecule has 0 radical (unpaired) electrons. The van der Waals surface area contributed by atoms with Crippen LogP contribution < -0.4 is 9.46 Å². The monoisotopic (exact) mass is 367 g/mol. The predicted molar refractivity (Wildman–Crippen MR) is 107 cm³/mol. The molecule has 1 aromatic heterocycles. The molecule has 0 spiro atoms. The Morgan fingerprint density at radius 1 is 1.19 bits per heavy atom. The van der Waals surface area contributed by atoms with Crippen LogP contribution >= 0.6 is 0 Å². The van der Waals surface area contributed by atoms with Gasteiger partial charge in [-0.05, 0) is 43.7 Å². The third-order valence-corrected chi connectivity index (χ3v) is 4.78. The van der Waals surface area contributed by atoms with Gasteiger partial charge < -0.3 is 14.0 Å². The van der Waals surface area contributed by atoms with E-state index in [2.05, 4.69) is 29.2 Å². The zero-order chi connectivity index (χ0) is 18.8. The Hall–Kier alpha value is -2.78. The van der Waals surface area contributed by atoms with Crippen molar-refractivity contribution < 1.29 is 8.95 Å². The zero-order valence-corrected chi connectivity index (χ0v) is 16.1. The highest BCUT2D eigenvalue weighted by Crippen LogP contribution is 2.37. The van der Waals surface area contributed by atoms with Crippen molar-refractivity contribution in [2.24, 2.45) is 0 Å². The van der Waals surface area contributed by atoms with Gasteiger partial charge in [-0.15, -0.1) is 0 Å². The first kappa shape index (κ1) is 18.0. The molecule has 3 rings (SSSR count). The zero-order valence-electron chi connectivity index (χ0n) is 15.2. The Balaban J connectivity index is 2.26. The van der Waals surface area contributed by atoms with Crippen LogP contribution in [0.5, 0.6) is 5.75 Å². The lowest BCUT2D eigenvalue weighted by molar-refractivity contribution is 0.415. The summed E-state index contributed by atoms with van der Waals surface area (Å²) in [5.41, 5.74) is 4.23. The van der Waals surface area contributed by atoms with Gasteiger partial charge >= 0.3 is 0 Å². The van der Waals surface area contributed by atoms with Crippen LogP contribution in [0, 0.1) is 11.3 Å². The van der Waals surface area contributed by atoms with Gasteiger partial charge in [-0.25, -0.2) is 4.21 Å². The molecule has 3 aromatic rings. The highest BCUT2D eigenvalue weighted by atomic mass is 32.2. The minimum Gasteiger partial charge on any atom is -0.497 e. The molecule has 1 heterocycles. The summed E-state index contributed by atoms with van der Waals surface area (Å²) in [7, 11) is 0.515. The van der Waals surface area contributed by atoms with E-state index in [0.29, 0.717) is 5.56 Å². The number of hydrogen-bond acceptors (Lipinski definition) is 3. The number of rotatable bonds is 5. The van der Waals surface area contributed by atoms with E-state index in [-0.39, 0.29) is 6.04 Å². The Morgan fingerprint density at radius 3 is 2.42 bits per heavy atom. The quantitative estimate of drug-likeness (QED) is 0.723. The molecule has 0 aliphatic carbocycles. The molecule has 0 bridgehead atoms. The van der Waals surface area contributed by atoms with Crippen molar-refractivity contribution in [1.29, 1.82) is 5.26 Å². The summed E-state index contributed by atoms with van der Waals surface area (Å²) in [5.74, 6) is 0.762. The number of aromatic nitrogens is 1. The van der Waals surface area contributed by atoms with Gasteiger partial charge in [-0.3, -0.25) is 0 Å². The molecule has 0 amide bonds. The standard InChI is InChI=1S/C20H21N3O2S/c1-13(2)23-19-11-16(25-3)9-10-17(19)18(12-21)20(23)14-5-7-15(8-6-14)22-26(4)24/h5-11,13,22H,1-4H3. The molecule has 2 aromatic carbocycles. The van der Waals surface area contributed by atoms with Gasteiger partial charge in [0.1, 0.15) is 22.8 Å². The highest BCUT2D eigenvalue weighted by molar-refractivity contribution is 7.85. The Labute approximate surface area is 155 Å². The van der Waals surface area contributed by atoms with E-state index in [4.69, 9.17) is 4.74 Å². The fourth-order valence-electron chi connectivity index (χ4n) is 3.21. The molecule has 1 N–H and O–H groups in total. The minimum absolute atomic E-state index is 0.169. The summed E-state index contributed by atoms with van der Waals surface area (Å²) in [6.45, 7) is 4.19. The normalized spacial score (nSPS) is 12.2. The Kier molecular flexibility index (Phi) is 5.01. The first-order chi connectivity index (χ1) is 12.5. The summed E-state index contributed by atoms with van der Waals surface area (Å²) in [6.07, 6.45) is 1.59. The van der Waals surface area contributed by atoms with E-state index in [1.165, 1.54) is 0 Å². The second-order valence-corrected chi connectivity index (χ2v) is 7.43. The average molecular weight is 367 g/mol. The molecule has 0 saturated carbocycles. The van der Waals surface area contributed by atoms with Crippen LogP contribution in [0.4, 0.5) is 5.69 Å². The van der Waals surface area contributed by atoms with Crippen molar-refractivity contribution in [3.8, 4) is 23.1 Å². The maximum absolute atomic E-state index is 11.3. The van der Waals surface area contributed by atoms with Crippen LogP contribution in [0.25, 0.3) is 22.2 Å². The van der Waals surface area contributed by atoms with Crippen molar-refractivity contribution in [3.63, 3.8) is 0 Å². The summed E-state index contributed by atoms with van der Waals surface area (Å²) >= 11 is 0. The number of benzene rings is 2. The SMILES string of the molecule is COc1ccc2c(C#N)c(-c3ccc(NS(C)=O)cc3)n(C(C)C)c2c1. The lowest BCUT2D eigenvalue weighted by Crippen LogP contribution is -2.04. The molecule has 0 saturated heterocycles. The molecular weight excluding hydrogens is 346 g/mol. The molecule has 0 aliphatic rings. The fourth-order valence-corrected chi connectivity index (χ4v) is 3.68. The van der Waals surface area contributed by atoms with Gasteiger partial charge in [0.15, 0.2) is 0 Å². The van der Waals surface area contributed by atoms with Crippen LogP contribution in [0.1, 0.15) is 25.5 Å². The number of nitrogens with zero attached hydrogens (tertiary/aromatic N) is 2. The number of nitriles is 1. The number of fused-ring (bicyclic) bond motifs is 1. The van der Waals surface area contributed by atoms with E-state index in [1.54, 1.807) is 13.4 Å². The van der Waals surface area contributed by atoms with Crippen molar-refractivity contribution in [2.75, 3.05) is 18.1 Å². The third-order valence-electron chi connectivity index (χ3n) is 4.26. The summed E-state index contributed by atoms with van der Waals surface area (Å²) in [5, 5.41) is 10.7. The lowest BCUT2D eigenvalue weighted by Gasteiger charge is -2.16. The maximum Gasteiger partial charge on any atom is 0.120 e. The van der Waals surface area contributed by atoms with E-state index in [0.717, 1.165) is 33.6 Å². The van der Waals surface area contributed by atoms with Crippen LogP contribution in [-0.4, -0.2) is 22.1 Å². The smallest absolute Gasteiger partial charge is 0.120 e. The van der Waals surface area contributed by atoms with E-state index in [1.807, 2.05) is 42.5 Å². The predicted octanol–water partition coefficient (Wildman–Crippen LogP) is 4.47. The molecular formula is C20H21N3O2S. The molecule has 26 heavy (non-hydrogen) atoms. The fraction of sp³-hybridized carbons (Fsp3) is 0.250. The number of nitrogens with one attached hydrogen (secondary N) is 1. The Bertz CT molecular complexity index is 1010. The van der Waals surface area contributed by atoms with Gasteiger partial charge in [0.2, 0.25) is 0 Å². The van der Waals surface area contributed by atoms with Crippen molar-refractivity contribution in [3.05, 3.63) is 48.0 Å². The number of anilines is 1. The first-order valence-electron chi connectivity index (χ1n) is 8.28. The average Bonchev–Trinajstić information content (AvgIpc) is 2.95. The summed E-state index contributed by atoms with van der Waals surface area (Å²) in [6, 6.07) is 16.0. The van der Waals surface area contributed by atoms with Gasteiger partial charge in [0, 0.05) is 29.4 Å². The second-order valence-electron chi connectivity index (χ2n) is 6.32. The van der Waals surface area contributed by atoms with Crippen molar-refractivity contribution in [2.45, 2.75) is 19.9 Å². The third kappa shape index (κ3) is 3.18. The van der Waals surface area contributed by atoms with E-state index < -0.39 is 11.0 Å². The number of methoxy groups -OCH3 is 1. The second kappa shape index (κ2) is 7.22. The first-order valence-corrected chi connectivity index (χ1v) is 9.84. The van der Waals surface area contributed by atoms with Crippen LogP contribution in [0.3, 0.4) is 0 Å². The van der Waals surface area contributed by atoms with Crippen LogP contribution in [-0.2, 0) is 11.0 Å². The highest BCUT2D eigenvalue weighted by Gasteiger charge is 2.20. The summed E-state index contributed by atoms with van der Waals surface area (Å²) < 4.78 is 21.7. The maximum atomic E-state index is 11.3. The van der Waals surface area contributed by atoms with Crippen molar-refractivity contribution in [1.82, 2.24) is 4.57 Å². The molecule has 5 nitrogen and oxygen atoms in total. The number of ether oxygens (including phenoxy) is 1. The minimum atomic E-state index is -1.12. The molecule has 0 fully saturated rings. The van der Waals surface area contributed by atoms with Gasteiger partial charge in [-0.2, -0.15) is 5.26 Å². The molecule has 6 heteroatoms.